The van der Waals surface area contributed by atoms with E-state index < -0.39 is 0 Å². The second-order valence-electron chi connectivity index (χ2n) is 4.17. The molecule has 96 valence electrons. The van der Waals surface area contributed by atoms with Crippen LogP contribution >= 0.6 is 11.8 Å². The molecule has 0 spiro atoms. The first-order valence-electron chi connectivity index (χ1n) is 6.15. The summed E-state index contributed by atoms with van der Waals surface area (Å²) < 4.78 is 0. The molecular weight excluding hydrogens is 244 g/mol. The van der Waals surface area contributed by atoms with Gasteiger partial charge in [0.25, 0.3) is 5.91 Å². The average Bonchev–Trinajstić information content (AvgIpc) is 2.85. The monoisotopic (exact) mass is 262 g/mol. The van der Waals surface area contributed by atoms with E-state index in [9.17, 15) is 4.79 Å². The van der Waals surface area contributed by atoms with E-state index in [4.69, 9.17) is 0 Å². The number of thioether (sulfide) groups is 1. The average molecular weight is 262 g/mol. The molecule has 0 atom stereocenters. The molecule has 3 nitrogen and oxygen atoms in total. The number of hydrogen-bond donors (Lipinski definition) is 2. The smallest absolute Gasteiger partial charge is 0.251 e. The van der Waals surface area contributed by atoms with Gasteiger partial charge in [-0.3, -0.25) is 4.79 Å². The summed E-state index contributed by atoms with van der Waals surface area (Å²) in [6.45, 7) is 5.33. The van der Waals surface area contributed by atoms with Crippen LogP contribution in [0.15, 0.2) is 30.9 Å². The van der Waals surface area contributed by atoms with E-state index in [0.29, 0.717) is 6.54 Å². The first kappa shape index (κ1) is 13.0. The van der Waals surface area contributed by atoms with Crippen LogP contribution in [0.2, 0.25) is 0 Å². The van der Waals surface area contributed by atoms with Crippen molar-refractivity contribution >= 4 is 23.4 Å². The van der Waals surface area contributed by atoms with Crippen molar-refractivity contribution in [1.82, 2.24) is 5.32 Å². The Morgan fingerprint density at radius 2 is 2.44 bits per heavy atom. The minimum absolute atomic E-state index is 0.0175. The van der Waals surface area contributed by atoms with E-state index in [1.165, 1.54) is 5.56 Å². The summed E-state index contributed by atoms with van der Waals surface area (Å²) in [6, 6.07) is 5.86. The zero-order chi connectivity index (χ0) is 12.8. The Balaban J connectivity index is 1.83. The third kappa shape index (κ3) is 3.29. The van der Waals surface area contributed by atoms with Crippen LogP contribution in [0.3, 0.4) is 0 Å². The topological polar surface area (TPSA) is 41.1 Å². The van der Waals surface area contributed by atoms with Crippen molar-refractivity contribution in [2.24, 2.45) is 0 Å². The number of nitrogens with one attached hydrogen (secondary N) is 2. The highest BCUT2D eigenvalue weighted by atomic mass is 32.2. The van der Waals surface area contributed by atoms with Gasteiger partial charge in [0.05, 0.1) is 0 Å². The standard InChI is InChI=1S/C14H18N2OS/c1-2-8-18-9-7-16-14(17)12-3-4-13-11(10-12)5-6-15-13/h2-4,10,15H,1,5-9H2,(H,16,17). The van der Waals surface area contributed by atoms with Gasteiger partial charge in [-0.05, 0) is 30.2 Å². The lowest BCUT2D eigenvalue weighted by atomic mass is 10.1. The molecule has 0 aromatic heterocycles. The van der Waals surface area contributed by atoms with E-state index >= 15 is 0 Å². The third-order valence-electron chi connectivity index (χ3n) is 2.84. The van der Waals surface area contributed by atoms with Gasteiger partial charge in [0.1, 0.15) is 0 Å². The van der Waals surface area contributed by atoms with Gasteiger partial charge < -0.3 is 10.6 Å². The van der Waals surface area contributed by atoms with Gasteiger partial charge in [0, 0.05) is 35.8 Å². The molecule has 0 unspecified atom stereocenters. The van der Waals surface area contributed by atoms with E-state index in [0.717, 1.165) is 35.7 Å². The highest BCUT2D eigenvalue weighted by Gasteiger charge is 2.12. The van der Waals surface area contributed by atoms with Crippen LogP contribution in [0.4, 0.5) is 5.69 Å². The predicted molar refractivity (Wildman–Crippen MR) is 78.5 cm³/mol. The van der Waals surface area contributed by atoms with Crippen molar-refractivity contribution in [3.8, 4) is 0 Å². The molecule has 0 aliphatic carbocycles. The van der Waals surface area contributed by atoms with Crippen molar-refractivity contribution in [2.75, 3.05) is 29.9 Å². The molecule has 0 saturated carbocycles. The number of carbonyl (C=O) groups excluding carboxylic acids is 1. The second-order valence-corrected chi connectivity index (χ2v) is 5.32. The first-order valence-corrected chi connectivity index (χ1v) is 7.30. The lowest BCUT2D eigenvalue weighted by Crippen LogP contribution is -2.25. The highest BCUT2D eigenvalue weighted by molar-refractivity contribution is 7.99. The van der Waals surface area contributed by atoms with Crippen LogP contribution in [-0.4, -0.2) is 30.5 Å². The number of rotatable bonds is 6. The van der Waals surface area contributed by atoms with E-state index in [1.54, 1.807) is 11.8 Å². The summed E-state index contributed by atoms with van der Waals surface area (Å²) in [4.78, 5) is 11.9. The molecule has 0 fully saturated rings. The summed E-state index contributed by atoms with van der Waals surface area (Å²) in [5.41, 5.74) is 3.16. The van der Waals surface area contributed by atoms with Gasteiger partial charge in [-0.2, -0.15) is 11.8 Å². The van der Waals surface area contributed by atoms with Crippen LogP contribution in [0.25, 0.3) is 0 Å². The number of carbonyl (C=O) groups is 1. The number of anilines is 1. The van der Waals surface area contributed by atoms with Gasteiger partial charge in [0.2, 0.25) is 0 Å². The summed E-state index contributed by atoms with van der Waals surface area (Å²) in [7, 11) is 0. The molecule has 1 heterocycles. The Labute approximate surface area is 112 Å². The highest BCUT2D eigenvalue weighted by Crippen LogP contribution is 2.22. The molecular formula is C14H18N2OS. The Kier molecular flexibility index (Phi) is 4.70. The molecule has 1 amide bonds. The number of benzene rings is 1. The molecule has 0 radical (unpaired) electrons. The quantitative estimate of drug-likeness (QED) is 0.610. The number of fused-ring (bicyclic) bond motifs is 1. The fourth-order valence-electron chi connectivity index (χ4n) is 1.95. The molecule has 0 saturated heterocycles. The third-order valence-corrected chi connectivity index (χ3v) is 3.81. The maximum absolute atomic E-state index is 11.9. The Bertz CT molecular complexity index is 445. The van der Waals surface area contributed by atoms with E-state index in [1.807, 2.05) is 24.3 Å². The molecule has 18 heavy (non-hydrogen) atoms. The lowest BCUT2D eigenvalue weighted by molar-refractivity contribution is 0.0956. The Morgan fingerprint density at radius 1 is 1.56 bits per heavy atom. The maximum atomic E-state index is 11.9. The summed E-state index contributed by atoms with van der Waals surface area (Å²) in [6.07, 6.45) is 2.88. The van der Waals surface area contributed by atoms with Crippen molar-refractivity contribution < 1.29 is 4.79 Å². The van der Waals surface area contributed by atoms with Crippen LogP contribution in [0.5, 0.6) is 0 Å². The largest absolute Gasteiger partial charge is 0.384 e. The fraction of sp³-hybridized carbons (Fsp3) is 0.357. The van der Waals surface area contributed by atoms with Gasteiger partial charge in [-0.1, -0.05) is 6.08 Å². The molecule has 2 rings (SSSR count). The molecule has 4 heteroatoms. The SMILES string of the molecule is C=CCSCCNC(=O)c1ccc2c(c1)CCN2. The second kappa shape index (κ2) is 6.50. The predicted octanol–water partition coefficient (Wildman–Crippen LogP) is 2.30. The van der Waals surface area contributed by atoms with Gasteiger partial charge in [-0.25, -0.2) is 0 Å². The minimum Gasteiger partial charge on any atom is -0.384 e. The molecule has 1 aliphatic heterocycles. The van der Waals surface area contributed by atoms with Crippen LogP contribution in [0.1, 0.15) is 15.9 Å². The number of amides is 1. The lowest BCUT2D eigenvalue weighted by Gasteiger charge is -2.06. The Morgan fingerprint density at radius 3 is 3.28 bits per heavy atom. The first-order chi connectivity index (χ1) is 8.81. The molecule has 0 bridgehead atoms. The van der Waals surface area contributed by atoms with E-state index in [2.05, 4.69) is 17.2 Å². The van der Waals surface area contributed by atoms with Gasteiger partial charge in [0.15, 0.2) is 0 Å². The maximum Gasteiger partial charge on any atom is 0.251 e. The van der Waals surface area contributed by atoms with E-state index in [-0.39, 0.29) is 5.91 Å². The molecule has 2 N–H and O–H groups in total. The summed E-state index contributed by atoms with van der Waals surface area (Å²) in [5.74, 6) is 1.87. The van der Waals surface area contributed by atoms with Gasteiger partial charge >= 0.3 is 0 Å². The van der Waals surface area contributed by atoms with Crippen LogP contribution < -0.4 is 10.6 Å². The fourth-order valence-corrected chi connectivity index (χ4v) is 2.53. The van der Waals surface area contributed by atoms with Crippen molar-refractivity contribution in [2.45, 2.75) is 6.42 Å². The normalized spacial score (nSPS) is 12.7. The van der Waals surface area contributed by atoms with Gasteiger partial charge in [-0.15, -0.1) is 6.58 Å². The Hall–Kier alpha value is -1.42. The summed E-state index contributed by atoms with van der Waals surface area (Å²) >= 11 is 1.77. The van der Waals surface area contributed by atoms with Crippen molar-refractivity contribution in [3.05, 3.63) is 42.0 Å². The molecule has 1 aliphatic rings. The minimum atomic E-state index is 0.0175. The molecule has 1 aromatic carbocycles. The molecule has 1 aromatic rings. The zero-order valence-electron chi connectivity index (χ0n) is 10.4. The van der Waals surface area contributed by atoms with Crippen molar-refractivity contribution in [1.29, 1.82) is 0 Å². The number of hydrogen-bond acceptors (Lipinski definition) is 3. The summed E-state index contributed by atoms with van der Waals surface area (Å²) in [5, 5.41) is 6.22. The van der Waals surface area contributed by atoms with Crippen molar-refractivity contribution in [3.63, 3.8) is 0 Å². The van der Waals surface area contributed by atoms with Crippen LogP contribution in [0, 0.1) is 0 Å². The zero-order valence-corrected chi connectivity index (χ0v) is 11.2. The van der Waals surface area contributed by atoms with Crippen LogP contribution in [-0.2, 0) is 6.42 Å².